The molecule has 0 bridgehead atoms. The van der Waals surface area contributed by atoms with Gasteiger partial charge in [-0.3, -0.25) is 14.5 Å². The van der Waals surface area contributed by atoms with Gasteiger partial charge in [-0.1, -0.05) is 30.0 Å². The Bertz CT molecular complexity index is 976. The fraction of sp³-hybridized carbons (Fsp3) is 0.105. The van der Waals surface area contributed by atoms with E-state index in [1.54, 1.807) is 18.2 Å². The Balaban J connectivity index is 1.70. The molecule has 1 saturated heterocycles. The number of halogens is 1. The van der Waals surface area contributed by atoms with Gasteiger partial charge in [-0.25, -0.2) is 4.39 Å². The van der Waals surface area contributed by atoms with Gasteiger partial charge < -0.3 is 15.2 Å². The Kier molecular flexibility index (Phi) is 5.96. The molecule has 144 valence electrons. The fourth-order valence-electron chi connectivity index (χ4n) is 2.45. The van der Waals surface area contributed by atoms with Crippen LogP contribution < -0.4 is 10.1 Å². The first kappa shape index (κ1) is 19.8. The van der Waals surface area contributed by atoms with Gasteiger partial charge in [0, 0.05) is 5.69 Å². The van der Waals surface area contributed by atoms with Crippen molar-refractivity contribution < 1.29 is 23.8 Å². The lowest BCUT2D eigenvalue weighted by Gasteiger charge is -2.14. The van der Waals surface area contributed by atoms with Crippen molar-refractivity contribution in [3.05, 3.63) is 58.8 Å². The Hall–Kier alpha value is -2.91. The predicted octanol–water partition coefficient (Wildman–Crippen LogP) is 3.38. The van der Waals surface area contributed by atoms with Gasteiger partial charge in [0.05, 0.1) is 12.0 Å². The molecule has 2 amide bonds. The molecule has 0 saturated carbocycles. The molecule has 0 aromatic heterocycles. The summed E-state index contributed by atoms with van der Waals surface area (Å²) in [6.45, 7) is -0.252. The number of rotatable bonds is 5. The molecular formula is C19H15FN2O4S2. The Labute approximate surface area is 170 Å². The van der Waals surface area contributed by atoms with Crippen molar-refractivity contribution in [2.24, 2.45) is 0 Å². The second-order valence-corrected chi connectivity index (χ2v) is 7.43. The third-order valence-corrected chi connectivity index (χ3v) is 5.18. The molecule has 6 nitrogen and oxygen atoms in total. The van der Waals surface area contributed by atoms with Crippen LogP contribution in [0.3, 0.4) is 0 Å². The van der Waals surface area contributed by atoms with E-state index in [-0.39, 0.29) is 22.4 Å². The maximum atomic E-state index is 12.9. The van der Waals surface area contributed by atoms with Crippen molar-refractivity contribution in [2.75, 3.05) is 19.0 Å². The minimum Gasteiger partial charge on any atom is -0.504 e. The van der Waals surface area contributed by atoms with E-state index in [2.05, 4.69) is 5.32 Å². The molecule has 2 aromatic carbocycles. The molecule has 1 fully saturated rings. The number of anilines is 1. The maximum Gasteiger partial charge on any atom is 0.266 e. The molecule has 0 unspecified atom stereocenters. The van der Waals surface area contributed by atoms with Gasteiger partial charge in [-0.15, -0.1) is 0 Å². The summed E-state index contributed by atoms with van der Waals surface area (Å²) in [5, 5.41) is 12.2. The van der Waals surface area contributed by atoms with Crippen LogP contribution in [-0.2, 0) is 9.59 Å². The molecule has 1 aliphatic heterocycles. The summed E-state index contributed by atoms with van der Waals surface area (Å²) >= 11 is 6.29. The largest absolute Gasteiger partial charge is 0.504 e. The number of nitrogens with zero attached hydrogens (tertiary/aromatic N) is 1. The minimum absolute atomic E-state index is 0.00957. The first-order valence-electron chi connectivity index (χ1n) is 8.05. The molecule has 2 N–H and O–H groups in total. The van der Waals surface area contributed by atoms with Gasteiger partial charge in [-0.2, -0.15) is 0 Å². The molecule has 3 rings (SSSR count). The number of phenolic OH excluding ortho intramolecular Hbond substituents is 1. The number of ether oxygens (including phenoxy) is 1. The number of methoxy groups -OCH3 is 1. The van der Waals surface area contributed by atoms with Crippen molar-refractivity contribution in [1.29, 1.82) is 0 Å². The number of thioether (sulfide) groups is 1. The average molecular weight is 418 g/mol. The van der Waals surface area contributed by atoms with Crippen LogP contribution in [0, 0.1) is 5.82 Å². The molecule has 28 heavy (non-hydrogen) atoms. The predicted molar refractivity (Wildman–Crippen MR) is 110 cm³/mol. The summed E-state index contributed by atoms with van der Waals surface area (Å²) < 4.78 is 18.2. The Morgan fingerprint density at radius 3 is 2.71 bits per heavy atom. The topological polar surface area (TPSA) is 78.9 Å². The van der Waals surface area contributed by atoms with Gasteiger partial charge in [-0.05, 0) is 48.0 Å². The molecule has 1 heterocycles. The van der Waals surface area contributed by atoms with E-state index >= 15 is 0 Å². The summed E-state index contributed by atoms with van der Waals surface area (Å²) in [6.07, 6.45) is 1.61. The van der Waals surface area contributed by atoms with Crippen LogP contribution in [0.25, 0.3) is 6.08 Å². The lowest BCUT2D eigenvalue weighted by molar-refractivity contribution is -0.126. The summed E-state index contributed by atoms with van der Waals surface area (Å²) in [4.78, 5) is 26.4. The number of nitrogens with one attached hydrogen (secondary N) is 1. The number of carbonyl (C=O) groups is 2. The summed E-state index contributed by atoms with van der Waals surface area (Å²) in [7, 11) is 1.43. The number of phenols is 1. The third-order valence-electron chi connectivity index (χ3n) is 3.80. The van der Waals surface area contributed by atoms with Crippen LogP contribution in [0.15, 0.2) is 47.4 Å². The van der Waals surface area contributed by atoms with Crippen molar-refractivity contribution in [3.63, 3.8) is 0 Å². The van der Waals surface area contributed by atoms with Crippen molar-refractivity contribution >= 4 is 51.9 Å². The normalized spacial score (nSPS) is 15.2. The summed E-state index contributed by atoms with van der Waals surface area (Å²) in [5.74, 6) is -0.981. The summed E-state index contributed by atoms with van der Waals surface area (Å²) in [5.41, 5.74) is 1.06. The second kappa shape index (κ2) is 8.41. The lowest BCUT2D eigenvalue weighted by atomic mass is 10.2. The van der Waals surface area contributed by atoms with Crippen molar-refractivity contribution in [3.8, 4) is 11.5 Å². The zero-order valence-electron chi connectivity index (χ0n) is 14.6. The van der Waals surface area contributed by atoms with E-state index in [9.17, 15) is 19.1 Å². The molecule has 0 atom stereocenters. The first-order chi connectivity index (χ1) is 13.4. The fourth-order valence-corrected chi connectivity index (χ4v) is 3.70. The number of carbonyl (C=O) groups excluding carboxylic acids is 2. The number of hydrogen-bond acceptors (Lipinski definition) is 6. The monoisotopic (exact) mass is 418 g/mol. The average Bonchev–Trinajstić information content (AvgIpc) is 2.92. The number of thiocarbonyl (C=S) groups is 1. The smallest absolute Gasteiger partial charge is 0.266 e. The van der Waals surface area contributed by atoms with E-state index in [1.165, 1.54) is 42.3 Å². The van der Waals surface area contributed by atoms with Gasteiger partial charge in [0.1, 0.15) is 16.7 Å². The third kappa shape index (κ3) is 4.49. The van der Waals surface area contributed by atoms with Crippen molar-refractivity contribution in [1.82, 2.24) is 4.90 Å². The highest BCUT2D eigenvalue weighted by molar-refractivity contribution is 8.26. The molecule has 0 spiro atoms. The van der Waals surface area contributed by atoms with Crippen molar-refractivity contribution in [2.45, 2.75) is 0 Å². The number of benzene rings is 2. The molecule has 2 aromatic rings. The number of aromatic hydroxyl groups is 1. The zero-order chi connectivity index (χ0) is 20.3. The van der Waals surface area contributed by atoms with Gasteiger partial charge in [0.25, 0.3) is 5.91 Å². The van der Waals surface area contributed by atoms with E-state index in [1.807, 2.05) is 0 Å². The summed E-state index contributed by atoms with van der Waals surface area (Å²) in [6, 6.07) is 9.98. The molecule has 1 aliphatic rings. The van der Waals surface area contributed by atoms with Crippen LogP contribution in [0.2, 0.25) is 0 Å². The number of hydrogen-bond donors (Lipinski definition) is 2. The minimum atomic E-state index is -0.449. The SMILES string of the molecule is COc1cc(/C=C2\SC(=S)N(CC(=O)Nc3ccc(F)cc3)C2=O)ccc1O. The van der Waals surface area contributed by atoms with Gasteiger partial charge in [0.15, 0.2) is 11.5 Å². The van der Waals surface area contributed by atoms with Crippen LogP contribution >= 0.6 is 24.0 Å². The Morgan fingerprint density at radius 1 is 1.32 bits per heavy atom. The van der Waals surface area contributed by atoms with Gasteiger partial charge in [0.2, 0.25) is 5.91 Å². The molecule has 9 heteroatoms. The molecule has 0 aliphatic carbocycles. The molecular weight excluding hydrogens is 403 g/mol. The highest BCUT2D eigenvalue weighted by Crippen LogP contribution is 2.34. The number of amides is 2. The zero-order valence-corrected chi connectivity index (χ0v) is 16.3. The lowest BCUT2D eigenvalue weighted by Crippen LogP contribution is -2.36. The highest BCUT2D eigenvalue weighted by atomic mass is 32.2. The Morgan fingerprint density at radius 2 is 2.04 bits per heavy atom. The van der Waals surface area contributed by atoms with Crippen LogP contribution in [0.1, 0.15) is 5.56 Å². The van der Waals surface area contributed by atoms with E-state index in [4.69, 9.17) is 17.0 Å². The maximum absolute atomic E-state index is 12.9. The molecule has 0 radical (unpaired) electrons. The first-order valence-corrected chi connectivity index (χ1v) is 9.27. The van der Waals surface area contributed by atoms with E-state index in [0.29, 0.717) is 16.2 Å². The van der Waals surface area contributed by atoms with E-state index in [0.717, 1.165) is 11.8 Å². The van der Waals surface area contributed by atoms with Gasteiger partial charge >= 0.3 is 0 Å². The van der Waals surface area contributed by atoms with Crippen LogP contribution in [0.5, 0.6) is 11.5 Å². The quantitative estimate of drug-likeness (QED) is 0.573. The van der Waals surface area contributed by atoms with Crippen LogP contribution in [0.4, 0.5) is 10.1 Å². The second-order valence-electron chi connectivity index (χ2n) is 5.75. The van der Waals surface area contributed by atoms with Crippen LogP contribution in [-0.4, -0.2) is 39.8 Å². The standard InChI is InChI=1S/C19H15FN2O4S2/c1-26-15-8-11(2-7-14(15)23)9-16-18(25)22(19(27)28-16)10-17(24)21-13-5-3-12(20)4-6-13/h2-9,23H,10H2,1H3,(H,21,24)/b16-9-. The van der Waals surface area contributed by atoms with E-state index < -0.39 is 17.6 Å². The highest BCUT2D eigenvalue weighted by Gasteiger charge is 2.33.